The Morgan fingerprint density at radius 2 is 2.00 bits per heavy atom. The summed E-state index contributed by atoms with van der Waals surface area (Å²) in [6.07, 6.45) is 10.3. The molecule has 0 fully saturated rings. The van der Waals surface area contributed by atoms with E-state index in [0.29, 0.717) is 0 Å². The predicted molar refractivity (Wildman–Crippen MR) is 84.6 cm³/mol. The van der Waals surface area contributed by atoms with Crippen molar-refractivity contribution in [2.45, 2.75) is 19.6 Å². The number of rotatable bonds is 6. The highest BCUT2D eigenvalue weighted by Crippen LogP contribution is 2.23. The molecule has 1 heteroatoms. The molecule has 0 aromatic heterocycles. The lowest BCUT2D eigenvalue weighted by Crippen LogP contribution is -1.80. The molecule has 0 amide bonds. The summed E-state index contributed by atoms with van der Waals surface area (Å²) in [7, 11) is 0. The Morgan fingerprint density at radius 1 is 1.28 bits per heavy atom. The summed E-state index contributed by atoms with van der Waals surface area (Å²) >= 11 is 1.85. The molecule has 94 valence electrons. The van der Waals surface area contributed by atoms with Crippen LogP contribution in [0.15, 0.2) is 77.8 Å². The number of benzene rings is 1. The van der Waals surface area contributed by atoms with E-state index in [9.17, 15) is 0 Å². The first kappa shape index (κ1) is 14.6. The molecule has 0 unspecified atom stereocenters. The van der Waals surface area contributed by atoms with Crippen molar-refractivity contribution in [1.29, 1.82) is 0 Å². The molecule has 0 aliphatic rings. The minimum absolute atomic E-state index is 0.998. The second kappa shape index (κ2) is 8.60. The van der Waals surface area contributed by atoms with Gasteiger partial charge in [-0.2, -0.15) is 0 Å². The van der Waals surface area contributed by atoms with Crippen molar-refractivity contribution in [1.82, 2.24) is 0 Å². The van der Waals surface area contributed by atoms with Gasteiger partial charge in [0.25, 0.3) is 0 Å². The van der Waals surface area contributed by atoms with Crippen LogP contribution in [-0.4, -0.2) is 0 Å². The molecule has 0 atom stereocenters. The summed E-state index contributed by atoms with van der Waals surface area (Å²) in [5.41, 5.74) is 2.57. The fraction of sp³-hybridized carbons (Fsp3) is 0.176. The lowest BCUT2D eigenvalue weighted by molar-refractivity contribution is 1.42. The summed E-state index contributed by atoms with van der Waals surface area (Å²) < 4.78 is 0. The third kappa shape index (κ3) is 5.74. The van der Waals surface area contributed by atoms with Crippen molar-refractivity contribution in [3.8, 4) is 0 Å². The lowest BCUT2D eigenvalue weighted by Gasteiger charge is -2.03. The third-order valence-corrected chi connectivity index (χ3v) is 3.39. The van der Waals surface area contributed by atoms with E-state index in [2.05, 4.69) is 56.0 Å². The zero-order valence-electron chi connectivity index (χ0n) is 11.1. The highest BCUT2D eigenvalue weighted by Gasteiger charge is 1.96. The summed E-state index contributed by atoms with van der Waals surface area (Å²) in [5, 5.41) is 0. The molecule has 1 rings (SSSR count). The maximum atomic E-state index is 3.72. The zero-order chi connectivity index (χ0) is 13.2. The van der Waals surface area contributed by atoms with Crippen LogP contribution in [0.5, 0.6) is 0 Å². The molecular weight excluding hydrogens is 236 g/mol. The first-order chi connectivity index (χ1) is 8.76. The Labute approximate surface area is 115 Å². The van der Waals surface area contributed by atoms with Gasteiger partial charge in [0, 0.05) is 10.7 Å². The monoisotopic (exact) mass is 256 g/mol. The zero-order valence-corrected chi connectivity index (χ0v) is 11.9. The van der Waals surface area contributed by atoms with Gasteiger partial charge in [0.1, 0.15) is 0 Å². The number of allylic oxidation sites excluding steroid dienone is 6. The van der Waals surface area contributed by atoms with E-state index < -0.39 is 0 Å². The van der Waals surface area contributed by atoms with Gasteiger partial charge in [-0.05, 0) is 25.5 Å². The van der Waals surface area contributed by atoms with Crippen LogP contribution in [0.1, 0.15) is 19.4 Å². The van der Waals surface area contributed by atoms with E-state index in [1.807, 2.05) is 36.9 Å². The van der Waals surface area contributed by atoms with Crippen molar-refractivity contribution >= 4 is 11.8 Å². The van der Waals surface area contributed by atoms with Gasteiger partial charge in [0.15, 0.2) is 0 Å². The molecule has 1 aromatic carbocycles. The fourth-order valence-electron chi connectivity index (χ4n) is 1.50. The first-order valence-corrected chi connectivity index (χ1v) is 7.05. The highest BCUT2D eigenvalue weighted by atomic mass is 32.2. The van der Waals surface area contributed by atoms with E-state index in [0.717, 1.165) is 5.75 Å². The summed E-state index contributed by atoms with van der Waals surface area (Å²) in [6, 6.07) is 10.5. The van der Waals surface area contributed by atoms with E-state index in [4.69, 9.17) is 0 Å². The maximum absolute atomic E-state index is 3.72. The average Bonchev–Trinajstić information content (AvgIpc) is 2.38. The number of hydrogen-bond acceptors (Lipinski definition) is 1. The molecule has 0 nitrogen and oxygen atoms in total. The quantitative estimate of drug-likeness (QED) is 0.604. The van der Waals surface area contributed by atoms with Gasteiger partial charge in [0.05, 0.1) is 0 Å². The molecule has 0 saturated heterocycles. The first-order valence-electron chi connectivity index (χ1n) is 6.06. The molecule has 0 saturated carbocycles. The molecule has 0 spiro atoms. The molecule has 0 bridgehead atoms. The molecular formula is C17H20S. The molecule has 18 heavy (non-hydrogen) atoms. The smallest absolute Gasteiger partial charge is 0.0231 e. The van der Waals surface area contributed by atoms with E-state index in [1.165, 1.54) is 16.0 Å². The van der Waals surface area contributed by atoms with Crippen LogP contribution in [0.25, 0.3) is 0 Å². The van der Waals surface area contributed by atoms with Crippen LogP contribution < -0.4 is 0 Å². The van der Waals surface area contributed by atoms with Crippen molar-refractivity contribution in [2.24, 2.45) is 0 Å². The van der Waals surface area contributed by atoms with Gasteiger partial charge in [-0.25, -0.2) is 0 Å². The normalized spacial score (nSPS) is 13.0. The standard InChI is InChI=1S/C17H20S/c1-4-9-15(3)13-17(10-5-2)18-14-16-11-7-6-8-12-16/h4-13H,1,14H2,2-3H3/b10-5-,15-9+,17-13+. The SMILES string of the molecule is C=C/C=C(C)/C=C(\C=C/C)SCc1ccccc1. The second-order valence-electron chi connectivity index (χ2n) is 3.97. The maximum Gasteiger partial charge on any atom is 0.0231 e. The summed E-state index contributed by atoms with van der Waals surface area (Å²) in [5.74, 6) is 0.998. The Hall–Kier alpha value is -1.47. The Bertz CT molecular complexity index is 450. The van der Waals surface area contributed by atoms with Gasteiger partial charge in [-0.15, -0.1) is 11.8 Å². The van der Waals surface area contributed by atoms with Crippen LogP contribution in [0.4, 0.5) is 0 Å². The second-order valence-corrected chi connectivity index (χ2v) is 5.02. The van der Waals surface area contributed by atoms with Crippen molar-refractivity contribution in [3.63, 3.8) is 0 Å². The van der Waals surface area contributed by atoms with Gasteiger partial charge in [-0.1, -0.05) is 66.8 Å². The Kier molecular flexibility index (Phi) is 6.97. The van der Waals surface area contributed by atoms with Crippen molar-refractivity contribution in [2.75, 3.05) is 0 Å². The molecule has 0 radical (unpaired) electrons. The minimum atomic E-state index is 0.998. The van der Waals surface area contributed by atoms with Crippen LogP contribution in [0.3, 0.4) is 0 Å². The third-order valence-electron chi connectivity index (χ3n) is 2.33. The summed E-state index contributed by atoms with van der Waals surface area (Å²) in [6.45, 7) is 7.85. The molecule has 1 aromatic rings. The van der Waals surface area contributed by atoms with E-state index in [-0.39, 0.29) is 0 Å². The average molecular weight is 256 g/mol. The van der Waals surface area contributed by atoms with Crippen LogP contribution >= 0.6 is 11.8 Å². The van der Waals surface area contributed by atoms with Crippen LogP contribution in [0.2, 0.25) is 0 Å². The topological polar surface area (TPSA) is 0 Å². The molecule has 0 aliphatic heterocycles. The fourth-order valence-corrected chi connectivity index (χ4v) is 2.53. The molecule has 0 aliphatic carbocycles. The number of thioether (sulfide) groups is 1. The van der Waals surface area contributed by atoms with Gasteiger partial charge in [0.2, 0.25) is 0 Å². The van der Waals surface area contributed by atoms with E-state index >= 15 is 0 Å². The predicted octanol–water partition coefficient (Wildman–Crippen LogP) is 5.51. The molecule has 0 N–H and O–H groups in total. The largest absolute Gasteiger partial charge is 0.121 e. The van der Waals surface area contributed by atoms with Gasteiger partial charge in [-0.3, -0.25) is 0 Å². The Balaban J connectivity index is 2.70. The van der Waals surface area contributed by atoms with Crippen molar-refractivity contribution in [3.05, 3.63) is 83.3 Å². The molecule has 0 heterocycles. The van der Waals surface area contributed by atoms with Gasteiger partial charge < -0.3 is 0 Å². The van der Waals surface area contributed by atoms with Crippen LogP contribution in [-0.2, 0) is 5.75 Å². The number of hydrogen-bond donors (Lipinski definition) is 0. The minimum Gasteiger partial charge on any atom is -0.121 e. The van der Waals surface area contributed by atoms with Crippen LogP contribution in [0, 0.1) is 0 Å². The summed E-state index contributed by atoms with van der Waals surface area (Å²) in [4.78, 5) is 1.27. The van der Waals surface area contributed by atoms with Crippen molar-refractivity contribution < 1.29 is 0 Å². The highest BCUT2D eigenvalue weighted by molar-refractivity contribution is 8.02. The van der Waals surface area contributed by atoms with E-state index in [1.54, 1.807) is 0 Å². The lowest BCUT2D eigenvalue weighted by atomic mass is 10.2. The Morgan fingerprint density at radius 3 is 2.61 bits per heavy atom. The van der Waals surface area contributed by atoms with Gasteiger partial charge >= 0.3 is 0 Å².